The van der Waals surface area contributed by atoms with Gasteiger partial charge in [0.1, 0.15) is 0 Å². The lowest BCUT2D eigenvalue weighted by Crippen LogP contribution is -2.52. The van der Waals surface area contributed by atoms with E-state index in [9.17, 15) is 0 Å². The van der Waals surface area contributed by atoms with Crippen molar-refractivity contribution < 1.29 is 14.0 Å². The zero-order valence-electron chi connectivity index (χ0n) is 16.5. The van der Waals surface area contributed by atoms with Gasteiger partial charge in [0.2, 0.25) is 6.79 Å². The van der Waals surface area contributed by atoms with E-state index >= 15 is 0 Å². The van der Waals surface area contributed by atoms with Crippen LogP contribution in [0.4, 0.5) is 0 Å². The molecular weight excluding hydrogens is 358 g/mol. The van der Waals surface area contributed by atoms with Crippen LogP contribution in [0.5, 0.6) is 11.5 Å². The first-order valence-electron chi connectivity index (χ1n) is 9.76. The molecule has 8 nitrogen and oxygen atoms in total. The van der Waals surface area contributed by atoms with Gasteiger partial charge in [0.15, 0.2) is 23.2 Å². The van der Waals surface area contributed by atoms with Crippen molar-refractivity contribution in [3.8, 4) is 11.5 Å². The monoisotopic (exact) mass is 385 g/mol. The predicted molar refractivity (Wildman–Crippen MR) is 105 cm³/mol. The van der Waals surface area contributed by atoms with Gasteiger partial charge >= 0.3 is 0 Å². The van der Waals surface area contributed by atoms with Crippen LogP contribution in [0.2, 0.25) is 0 Å². The molecular formula is C20H27N5O3. The van der Waals surface area contributed by atoms with Crippen molar-refractivity contribution >= 4 is 5.96 Å². The Balaban J connectivity index is 1.26. The summed E-state index contributed by atoms with van der Waals surface area (Å²) in [5.41, 5.74) is 2.22. The van der Waals surface area contributed by atoms with Crippen molar-refractivity contribution in [2.45, 2.75) is 26.4 Å². The van der Waals surface area contributed by atoms with Gasteiger partial charge in [-0.05, 0) is 24.1 Å². The summed E-state index contributed by atoms with van der Waals surface area (Å²) < 4.78 is 16.2. The first-order chi connectivity index (χ1) is 13.7. The van der Waals surface area contributed by atoms with Crippen LogP contribution in [0.3, 0.4) is 0 Å². The van der Waals surface area contributed by atoms with Crippen LogP contribution in [-0.2, 0) is 19.5 Å². The lowest BCUT2D eigenvalue weighted by Gasteiger charge is -2.36. The van der Waals surface area contributed by atoms with E-state index in [1.54, 1.807) is 0 Å². The fourth-order valence-corrected chi connectivity index (χ4v) is 3.52. The van der Waals surface area contributed by atoms with E-state index in [2.05, 4.69) is 44.3 Å². The smallest absolute Gasteiger partial charge is 0.231 e. The highest BCUT2D eigenvalue weighted by Crippen LogP contribution is 2.32. The van der Waals surface area contributed by atoms with Crippen molar-refractivity contribution in [2.75, 3.05) is 40.0 Å². The van der Waals surface area contributed by atoms with Gasteiger partial charge in [0, 0.05) is 45.8 Å². The van der Waals surface area contributed by atoms with Crippen molar-refractivity contribution in [1.29, 1.82) is 0 Å². The zero-order valence-corrected chi connectivity index (χ0v) is 16.5. The molecule has 150 valence electrons. The molecule has 1 aromatic carbocycles. The number of guanidine groups is 1. The predicted octanol–water partition coefficient (Wildman–Crippen LogP) is 1.86. The Hall–Kier alpha value is -2.74. The molecule has 0 amide bonds. The third-order valence-corrected chi connectivity index (χ3v) is 5.12. The van der Waals surface area contributed by atoms with Gasteiger partial charge in [-0.2, -0.15) is 0 Å². The van der Waals surface area contributed by atoms with E-state index < -0.39 is 0 Å². The lowest BCUT2D eigenvalue weighted by molar-refractivity contribution is 0.171. The number of ether oxygens (including phenoxy) is 2. The van der Waals surface area contributed by atoms with E-state index in [0.29, 0.717) is 13.3 Å². The zero-order chi connectivity index (χ0) is 19.3. The van der Waals surface area contributed by atoms with Crippen molar-refractivity contribution in [3.63, 3.8) is 0 Å². The summed E-state index contributed by atoms with van der Waals surface area (Å²) in [6.45, 7) is 7.72. The maximum Gasteiger partial charge on any atom is 0.231 e. The number of benzene rings is 1. The molecule has 4 rings (SSSR count). The molecule has 1 saturated heterocycles. The molecule has 0 aliphatic carbocycles. The average molecular weight is 385 g/mol. The molecule has 0 saturated carbocycles. The Bertz CT molecular complexity index is 827. The number of fused-ring (bicyclic) bond motifs is 1. The molecule has 0 atom stereocenters. The summed E-state index contributed by atoms with van der Waals surface area (Å²) in [4.78, 5) is 9.16. The first-order valence-corrected chi connectivity index (χ1v) is 9.76. The summed E-state index contributed by atoms with van der Waals surface area (Å²) in [5.74, 6) is 3.41. The van der Waals surface area contributed by atoms with E-state index in [1.807, 2.05) is 19.2 Å². The van der Waals surface area contributed by atoms with Crippen LogP contribution < -0.4 is 14.8 Å². The van der Waals surface area contributed by atoms with Gasteiger partial charge < -0.3 is 24.2 Å². The minimum absolute atomic E-state index is 0.317. The number of hydrogen-bond donors (Lipinski definition) is 1. The quantitative estimate of drug-likeness (QED) is 0.622. The molecule has 1 aromatic heterocycles. The van der Waals surface area contributed by atoms with Crippen LogP contribution in [0.25, 0.3) is 0 Å². The van der Waals surface area contributed by atoms with Gasteiger partial charge in [-0.3, -0.25) is 9.89 Å². The highest BCUT2D eigenvalue weighted by Gasteiger charge is 2.21. The second-order valence-corrected chi connectivity index (χ2v) is 6.99. The van der Waals surface area contributed by atoms with Gasteiger partial charge in [0.05, 0.1) is 12.2 Å². The lowest BCUT2D eigenvalue weighted by atomic mass is 10.1. The molecule has 0 unspecified atom stereocenters. The molecule has 0 radical (unpaired) electrons. The maximum absolute atomic E-state index is 5.48. The molecule has 1 N–H and O–H groups in total. The van der Waals surface area contributed by atoms with Gasteiger partial charge in [-0.25, -0.2) is 0 Å². The van der Waals surface area contributed by atoms with E-state index in [1.165, 1.54) is 5.56 Å². The van der Waals surface area contributed by atoms with Crippen LogP contribution >= 0.6 is 0 Å². The van der Waals surface area contributed by atoms with Crippen LogP contribution in [-0.4, -0.2) is 60.9 Å². The first kappa shape index (κ1) is 18.6. The normalized spacial score (nSPS) is 17.2. The highest BCUT2D eigenvalue weighted by molar-refractivity contribution is 5.79. The minimum atomic E-state index is 0.317. The van der Waals surface area contributed by atoms with Gasteiger partial charge in [-0.1, -0.05) is 18.1 Å². The number of nitrogens with one attached hydrogen (secondary N) is 1. The van der Waals surface area contributed by atoms with Crippen LogP contribution in [0.15, 0.2) is 33.8 Å². The fraction of sp³-hybridized carbons (Fsp3) is 0.500. The third-order valence-electron chi connectivity index (χ3n) is 5.12. The Morgan fingerprint density at radius 3 is 2.71 bits per heavy atom. The Labute approximate surface area is 165 Å². The SMILES string of the molecule is CCc1cc(CNC(=NC)N2CCN(Cc3ccc4c(c3)OCO4)CC2)on1. The fourth-order valence-electron chi connectivity index (χ4n) is 3.52. The van der Waals surface area contributed by atoms with Crippen molar-refractivity contribution in [2.24, 2.45) is 4.99 Å². The summed E-state index contributed by atoms with van der Waals surface area (Å²) >= 11 is 0. The Morgan fingerprint density at radius 2 is 1.96 bits per heavy atom. The Kier molecular flexibility index (Phi) is 5.66. The minimum Gasteiger partial charge on any atom is -0.454 e. The van der Waals surface area contributed by atoms with E-state index in [4.69, 9.17) is 14.0 Å². The molecule has 3 heterocycles. The average Bonchev–Trinajstić information content (AvgIpc) is 3.38. The second kappa shape index (κ2) is 8.52. The van der Waals surface area contributed by atoms with Gasteiger partial charge in [0.25, 0.3) is 0 Å². The van der Waals surface area contributed by atoms with Crippen molar-refractivity contribution in [1.82, 2.24) is 20.3 Å². The molecule has 2 aliphatic heterocycles. The number of hydrogen-bond acceptors (Lipinski definition) is 6. The molecule has 28 heavy (non-hydrogen) atoms. The van der Waals surface area contributed by atoms with Gasteiger partial charge in [-0.15, -0.1) is 0 Å². The largest absolute Gasteiger partial charge is 0.454 e. The molecule has 8 heteroatoms. The van der Waals surface area contributed by atoms with Crippen LogP contribution in [0, 0.1) is 0 Å². The molecule has 0 spiro atoms. The van der Waals surface area contributed by atoms with E-state index in [0.717, 1.165) is 68.1 Å². The Morgan fingerprint density at radius 1 is 1.14 bits per heavy atom. The number of piperazine rings is 1. The summed E-state index contributed by atoms with van der Waals surface area (Å²) in [5, 5.41) is 7.41. The summed E-state index contributed by atoms with van der Waals surface area (Å²) in [6, 6.07) is 8.18. The summed E-state index contributed by atoms with van der Waals surface area (Å²) in [7, 11) is 1.82. The molecule has 2 aromatic rings. The molecule has 2 aliphatic rings. The number of aryl methyl sites for hydroxylation is 1. The standard InChI is InChI=1S/C20H27N5O3/c1-3-16-11-17(28-23-16)12-22-20(21-2)25-8-6-24(7-9-25)13-15-4-5-18-19(10-15)27-14-26-18/h4-5,10-11H,3,6-9,12-14H2,1-2H3,(H,21,22). The maximum atomic E-state index is 5.48. The number of aromatic nitrogens is 1. The highest BCUT2D eigenvalue weighted by atomic mass is 16.7. The summed E-state index contributed by atoms with van der Waals surface area (Å²) in [6.07, 6.45) is 0.879. The van der Waals surface area contributed by atoms with Crippen molar-refractivity contribution in [3.05, 3.63) is 41.3 Å². The number of nitrogens with zero attached hydrogens (tertiary/aromatic N) is 4. The van der Waals surface area contributed by atoms with E-state index in [-0.39, 0.29) is 0 Å². The second-order valence-electron chi connectivity index (χ2n) is 6.99. The molecule has 0 bridgehead atoms. The molecule has 1 fully saturated rings. The number of rotatable bonds is 5. The number of aliphatic imine (C=N–C) groups is 1. The third kappa shape index (κ3) is 4.22. The topological polar surface area (TPSA) is 75.4 Å². The van der Waals surface area contributed by atoms with Crippen LogP contribution in [0.1, 0.15) is 23.9 Å².